The Bertz CT molecular complexity index is 1150. The average molecular weight is 409 g/mol. The molecule has 0 aliphatic rings. The topological polar surface area (TPSA) is 55.0 Å². The van der Waals surface area contributed by atoms with Crippen molar-refractivity contribution < 1.29 is 4.74 Å². The van der Waals surface area contributed by atoms with Gasteiger partial charge in [-0.15, -0.1) is 11.3 Å². The van der Waals surface area contributed by atoms with Crippen LogP contribution in [0.4, 0.5) is 0 Å². The standard InChI is InChI=1S/C22H20N2O2S2/c1-14-10-15(2)12-17(11-14)26-8-9-27-22-23-20(25)19-18(13-28-21(19)24-22)16-6-4-3-5-7-16/h3-7,10-13H,8-9H2,1-2H3,(H,23,24,25). The van der Waals surface area contributed by atoms with Gasteiger partial charge in [0.2, 0.25) is 0 Å². The molecule has 2 aromatic carbocycles. The molecule has 0 aliphatic carbocycles. The first kappa shape index (κ1) is 18.8. The summed E-state index contributed by atoms with van der Waals surface area (Å²) in [6.07, 6.45) is 0. The van der Waals surface area contributed by atoms with E-state index in [1.54, 1.807) is 0 Å². The van der Waals surface area contributed by atoms with Gasteiger partial charge in [0.25, 0.3) is 5.56 Å². The molecule has 0 spiro atoms. The van der Waals surface area contributed by atoms with Crippen molar-refractivity contribution in [2.75, 3.05) is 12.4 Å². The maximum absolute atomic E-state index is 12.7. The van der Waals surface area contributed by atoms with Gasteiger partial charge in [0.1, 0.15) is 10.6 Å². The van der Waals surface area contributed by atoms with Crippen LogP contribution in [0.2, 0.25) is 0 Å². The van der Waals surface area contributed by atoms with Crippen LogP contribution < -0.4 is 10.3 Å². The lowest BCUT2D eigenvalue weighted by molar-refractivity contribution is 0.343. The Morgan fingerprint density at radius 3 is 2.61 bits per heavy atom. The highest BCUT2D eigenvalue weighted by Gasteiger charge is 2.13. The van der Waals surface area contributed by atoms with E-state index in [0.717, 1.165) is 21.7 Å². The molecule has 0 unspecified atom stereocenters. The zero-order valence-corrected chi connectivity index (χ0v) is 17.3. The second-order valence-electron chi connectivity index (χ2n) is 6.59. The summed E-state index contributed by atoms with van der Waals surface area (Å²) in [5.41, 5.74) is 4.24. The molecule has 0 aliphatic heterocycles. The Balaban J connectivity index is 1.46. The molecule has 4 nitrogen and oxygen atoms in total. The van der Waals surface area contributed by atoms with Crippen molar-refractivity contribution in [2.24, 2.45) is 0 Å². The number of fused-ring (bicyclic) bond motifs is 1. The lowest BCUT2D eigenvalue weighted by atomic mass is 10.1. The molecule has 28 heavy (non-hydrogen) atoms. The summed E-state index contributed by atoms with van der Waals surface area (Å²) in [6.45, 7) is 4.67. The minimum Gasteiger partial charge on any atom is -0.493 e. The van der Waals surface area contributed by atoms with Crippen molar-refractivity contribution >= 4 is 33.3 Å². The number of thioether (sulfide) groups is 1. The van der Waals surface area contributed by atoms with E-state index in [2.05, 4.69) is 29.9 Å². The first-order valence-corrected chi connectivity index (χ1v) is 10.9. The fraction of sp³-hybridized carbons (Fsp3) is 0.182. The van der Waals surface area contributed by atoms with Crippen molar-refractivity contribution in [2.45, 2.75) is 19.0 Å². The molecule has 2 aromatic heterocycles. The summed E-state index contributed by atoms with van der Waals surface area (Å²) < 4.78 is 5.83. The van der Waals surface area contributed by atoms with E-state index >= 15 is 0 Å². The number of aryl methyl sites for hydroxylation is 2. The number of hydrogen-bond donors (Lipinski definition) is 1. The number of rotatable bonds is 6. The largest absolute Gasteiger partial charge is 0.493 e. The molecule has 6 heteroatoms. The van der Waals surface area contributed by atoms with E-state index in [9.17, 15) is 4.79 Å². The molecule has 0 saturated carbocycles. The fourth-order valence-electron chi connectivity index (χ4n) is 3.14. The van der Waals surface area contributed by atoms with Crippen LogP contribution in [0.25, 0.3) is 21.3 Å². The van der Waals surface area contributed by atoms with E-state index in [4.69, 9.17) is 4.74 Å². The van der Waals surface area contributed by atoms with E-state index < -0.39 is 0 Å². The number of benzene rings is 2. The van der Waals surface area contributed by atoms with Crippen molar-refractivity contribution in [1.82, 2.24) is 9.97 Å². The zero-order valence-electron chi connectivity index (χ0n) is 15.7. The van der Waals surface area contributed by atoms with Gasteiger partial charge in [-0.05, 0) is 42.7 Å². The summed E-state index contributed by atoms with van der Waals surface area (Å²) in [6, 6.07) is 16.1. The number of nitrogens with one attached hydrogen (secondary N) is 1. The van der Waals surface area contributed by atoms with Gasteiger partial charge >= 0.3 is 0 Å². The Morgan fingerprint density at radius 1 is 1.11 bits per heavy atom. The van der Waals surface area contributed by atoms with E-state index in [1.807, 2.05) is 47.8 Å². The number of H-pyrrole nitrogens is 1. The molecule has 0 amide bonds. The third kappa shape index (κ3) is 4.13. The summed E-state index contributed by atoms with van der Waals surface area (Å²) >= 11 is 3.00. The Kier molecular flexibility index (Phi) is 5.50. The summed E-state index contributed by atoms with van der Waals surface area (Å²) in [4.78, 5) is 21.0. The van der Waals surface area contributed by atoms with Crippen LogP contribution in [0.5, 0.6) is 5.75 Å². The number of nitrogens with zero attached hydrogens (tertiary/aromatic N) is 1. The van der Waals surface area contributed by atoms with Gasteiger partial charge in [0, 0.05) is 16.7 Å². The van der Waals surface area contributed by atoms with Crippen LogP contribution in [0.1, 0.15) is 11.1 Å². The first-order valence-electron chi connectivity index (χ1n) is 9.01. The quantitative estimate of drug-likeness (QED) is 0.262. The number of aromatic amines is 1. The SMILES string of the molecule is Cc1cc(C)cc(OCCSc2nc3scc(-c4ccccc4)c3c(=O)[nH]2)c1. The monoisotopic (exact) mass is 408 g/mol. The van der Waals surface area contributed by atoms with Gasteiger partial charge in [-0.1, -0.05) is 48.2 Å². The second-order valence-corrected chi connectivity index (χ2v) is 8.53. The zero-order chi connectivity index (χ0) is 19.5. The smallest absolute Gasteiger partial charge is 0.260 e. The van der Waals surface area contributed by atoms with Crippen LogP contribution >= 0.6 is 23.1 Å². The fourth-order valence-corrected chi connectivity index (χ4v) is 4.83. The third-order valence-electron chi connectivity index (χ3n) is 4.29. The molecule has 1 N–H and O–H groups in total. The second kappa shape index (κ2) is 8.20. The van der Waals surface area contributed by atoms with Gasteiger partial charge in [-0.2, -0.15) is 0 Å². The van der Waals surface area contributed by atoms with E-state index in [1.165, 1.54) is 34.2 Å². The van der Waals surface area contributed by atoms with Crippen LogP contribution in [-0.4, -0.2) is 22.3 Å². The predicted molar refractivity (Wildman–Crippen MR) is 118 cm³/mol. The van der Waals surface area contributed by atoms with Gasteiger partial charge in [0.15, 0.2) is 5.16 Å². The average Bonchev–Trinajstić information content (AvgIpc) is 3.10. The summed E-state index contributed by atoms with van der Waals surface area (Å²) in [5, 5.41) is 3.29. The van der Waals surface area contributed by atoms with Crippen LogP contribution in [0.3, 0.4) is 0 Å². The molecular formula is C22H20N2O2S2. The molecule has 0 atom stereocenters. The summed E-state index contributed by atoms with van der Waals surface area (Å²) in [7, 11) is 0. The maximum atomic E-state index is 12.7. The van der Waals surface area contributed by atoms with Crippen molar-refractivity contribution in [3.8, 4) is 16.9 Å². The molecule has 0 saturated heterocycles. The van der Waals surface area contributed by atoms with Crippen LogP contribution in [0.15, 0.2) is 63.9 Å². The number of hydrogen-bond acceptors (Lipinski definition) is 5. The number of ether oxygens (including phenoxy) is 1. The minimum absolute atomic E-state index is 0.0946. The van der Waals surface area contributed by atoms with Gasteiger partial charge in [-0.25, -0.2) is 4.98 Å². The van der Waals surface area contributed by atoms with Gasteiger partial charge < -0.3 is 9.72 Å². The van der Waals surface area contributed by atoms with Crippen molar-refractivity contribution in [1.29, 1.82) is 0 Å². The van der Waals surface area contributed by atoms with Crippen molar-refractivity contribution in [3.05, 3.63) is 75.4 Å². The third-order valence-corrected chi connectivity index (χ3v) is 6.00. The molecular weight excluding hydrogens is 388 g/mol. The Labute approximate surface area is 171 Å². The lowest BCUT2D eigenvalue weighted by Crippen LogP contribution is -2.09. The summed E-state index contributed by atoms with van der Waals surface area (Å²) in [5.74, 6) is 1.58. The first-order chi connectivity index (χ1) is 13.6. The highest BCUT2D eigenvalue weighted by Crippen LogP contribution is 2.31. The molecule has 4 rings (SSSR count). The molecule has 0 radical (unpaired) electrons. The van der Waals surface area contributed by atoms with Crippen LogP contribution in [-0.2, 0) is 0 Å². The molecule has 2 heterocycles. The Hall–Kier alpha value is -2.57. The van der Waals surface area contributed by atoms with Crippen molar-refractivity contribution in [3.63, 3.8) is 0 Å². The predicted octanol–water partition coefficient (Wildman–Crippen LogP) is 5.44. The molecule has 4 aromatic rings. The highest BCUT2D eigenvalue weighted by atomic mass is 32.2. The van der Waals surface area contributed by atoms with E-state index in [0.29, 0.717) is 22.9 Å². The molecule has 0 fully saturated rings. The van der Waals surface area contributed by atoms with Crippen LogP contribution in [0, 0.1) is 13.8 Å². The maximum Gasteiger partial charge on any atom is 0.260 e. The van der Waals surface area contributed by atoms with E-state index in [-0.39, 0.29) is 5.56 Å². The number of thiophene rings is 1. The Morgan fingerprint density at radius 2 is 1.86 bits per heavy atom. The number of aromatic nitrogens is 2. The molecule has 0 bridgehead atoms. The lowest BCUT2D eigenvalue weighted by Gasteiger charge is -2.08. The van der Waals surface area contributed by atoms with Gasteiger partial charge in [0.05, 0.1) is 12.0 Å². The molecule has 142 valence electrons. The highest BCUT2D eigenvalue weighted by molar-refractivity contribution is 7.99. The van der Waals surface area contributed by atoms with Gasteiger partial charge in [-0.3, -0.25) is 4.79 Å². The normalized spacial score (nSPS) is 11.1. The minimum atomic E-state index is -0.0946.